The van der Waals surface area contributed by atoms with Crippen LogP contribution in [0, 0.1) is 6.92 Å². The van der Waals surface area contributed by atoms with Crippen molar-refractivity contribution in [2.24, 2.45) is 0 Å². The number of aromatic nitrogens is 2. The number of ether oxygens (including phenoxy) is 1. The Morgan fingerprint density at radius 3 is 2.75 bits per heavy atom. The highest BCUT2D eigenvalue weighted by Crippen LogP contribution is 2.27. The van der Waals surface area contributed by atoms with E-state index in [2.05, 4.69) is 10.3 Å². The number of carbonyl (C=O) groups excluding carboxylic acids is 1. The molecule has 0 radical (unpaired) electrons. The number of amides is 1. The fourth-order valence-corrected chi connectivity index (χ4v) is 2.30. The number of nitrogens with two attached hydrogens (primary N) is 1. The minimum atomic E-state index is -0.820. The van der Waals surface area contributed by atoms with Crippen molar-refractivity contribution in [2.45, 2.75) is 19.9 Å². The number of hydrogen-bond donors (Lipinski definition) is 4. The van der Waals surface area contributed by atoms with Crippen LogP contribution in [0.3, 0.4) is 0 Å². The highest BCUT2D eigenvalue weighted by molar-refractivity contribution is 6.32. The van der Waals surface area contributed by atoms with E-state index in [1.165, 1.54) is 0 Å². The van der Waals surface area contributed by atoms with Gasteiger partial charge in [-0.3, -0.25) is 14.6 Å². The number of rotatable bonds is 5. The van der Waals surface area contributed by atoms with Crippen LogP contribution in [0.2, 0.25) is 5.02 Å². The van der Waals surface area contributed by atoms with E-state index in [1.54, 1.807) is 13.0 Å². The van der Waals surface area contributed by atoms with Crippen LogP contribution in [-0.2, 0) is 0 Å². The fourth-order valence-electron chi connectivity index (χ4n) is 2.02. The Balaban J connectivity index is 2.05. The zero-order valence-corrected chi connectivity index (χ0v) is 13.9. The van der Waals surface area contributed by atoms with Gasteiger partial charge in [0.15, 0.2) is 0 Å². The third-order valence-corrected chi connectivity index (χ3v) is 3.52. The molecule has 1 atom stereocenters. The summed E-state index contributed by atoms with van der Waals surface area (Å²) in [6.07, 6.45) is 0. The van der Waals surface area contributed by atoms with Crippen LogP contribution in [0.15, 0.2) is 27.8 Å². The largest absolute Gasteiger partial charge is 0.490 e. The molecule has 8 nitrogen and oxygen atoms in total. The van der Waals surface area contributed by atoms with Crippen LogP contribution in [0.1, 0.15) is 23.0 Å². The molecule has 9 heteroatoms. The Kier molecular flexibility index (Phi) is 5.30. The monoisotopic (exact) mass is 352 g/mol. The molecule has 0 aliphatic rings. The van der Waals surface area contributed by atoms with Crippen LogP contribution in [0.5, 0.6) is 5.75 Å². The summed E-state index contributed by atoms with van der Waals surface area (Å²) in [4.78, 5) is 38.9. The smallest absolute Gasteiger partial charge is 0.326 e. The van der Waals surface area contributed by atoms with Gasteiger partial charge in [-0.15, -0.1) is 0 Å². The molecular weight excluding hydrogens is 336 g/mol. The first kappa shape index (κ1) is 17.6. The highest BCUT2D eigenvalue weighted by atomic mass is 35.5. The minimum absolute atomic E-state index is 0.143. The van der Waals surface area contributed by atoms with Gasteiger partial charge in [0.1, 0.15) is 23.7 Å². The molecule has 0 fully saturated rings. The summed E-state index contributed by atoms with van der Waals surface area (Å²) in [5, 5.41) is 3.06. The average molecular weight is 353 g/mol. The number of aromatic amines is 2. The summed E-state index contributed by atoms with van der Waals surface area (Å²) in [6, 6.07) is 4.94. The molecule has 0 saturated heterocycles. The second kappa shape index (κ2) is 7.22. The quantitative estimate of drug-likeness (QED) is 0.632. The van der Waals surface area contributed by atoms with E-state index in [0.29, 0.717) is 10.8 Å². The van der Waals surface area contributed by atoms with E-state index in [-0.39, 0.29) is 18.0 Å². The summed E-state index contributed by atoms with van der Waals surface area (Å²) < 4.78 is 5.63. The Morgan fingerprint density at radius 2 is 2.08 bits per heavy atom. The molecular formula is C15H17ClN4O4. The number of hydrogen-bond acceptors (Lipinski definition) is 5. The molecule has 1 unspecified atom stereocenters. The zero-order valence-electron chi connectivity index (χ0n) is 13.1. The summed E-state index contributed by atoms with van der Waals surface area (Å²) in [5.41, 5.74) is 4.10. The van der Waals surface area contributed by atoms with E-state index in [1.807, 2.05) is 24.0 Å². The van der Waals surface area contributed by atoms with Crippen LogP contribution in [0.25, 0.3) is 0 Å². The van der Waals surface area contributed by atoms with Gasteiger partial charge in [0, 0.05) is 0 Å². The van der Waals surface area contributed by atoms with Crippen LogP contribution in [0.4, 0.5) is 5.69 Å². The first-order valence-corrected chi connectivity index (χ1v) is 7.48. The predicted octanol–water partition coefficient (Wildman–Crippen LogP) is 0.805. The number of aryl methyl sites for hydroxylation is 1. The lowest BCUT2D eigenvalue weighted by molar-refractivity contribution is 0.0922. The number of nitrogen functional groups attached to an aromatic ring is 1. The Bertz CT molecular complexity index is 854. The maximum absolute atomic E-state index is 12.1. The molecule has 0 bridgehead atoms. The van der Waals surface area contributed by atoms with Gasteiger partial charge in [-0.1, -0.05) is 23.7 Å². The molecule has 0 aliphatic carbocycles. The molecule has 0 aliphatic heterocycles. The van der Waals surface area contributed by atoms with Gasteiger partial charge in [-0.05, 0) is 25.5 Å². The van der Waals surface area contributed by atoms with Gasteiger partial charge >= 0.3 is 5.69 Å². The lowest BCUT2D eigenvalue weighted by Gasteiger charge is -2.17. The number of para-hydroxylation sites is 1. The number of nitrogens with one attached hydrogen (secondary N) is 3. The van der Waals surface area contributed by atoms with E-state index in [4.69, 9.17) is 22.1 Å². The number of halogens is 1. The van der Waals surface area contributed by atoms with Crippen molar-refractivity contribution in [1.29, 1.82) is 0 Å². The zero-order chi connectivity index (χ0) is 17.9. The molecule has 0 saturated carbocycles. The third-order valence-electron chi connectivity index (χ3n) is 3.23. The maximum Gasteiger partial charge on any atom is 0.326 e. The molecule has 1 aromatic heterocycles. The molecule has 2 rings (SSSR count). The standard InChI is InChI=1S/C15H17ClN4O4/c1-7-4-3-5-9(16)12(7)24-6-8(2)18-14(22)11-10(17)13(21)20-15(23)19-11/h3-5,8H,6,17H2,1-2H3,(H,18,22)(H2,19,20,21,23). The number of H-pyrrole nitrogens is 2. The number of benzene rings is 1. The molecule has 2 aromatic rings. The average Bonchev–Trinajstić information content (AvgIpc) is 2.50. The second-order valence-corrected chi connectivity index (χ2v) is 5.68. The fraction of sp³-hybridized carbons (Fsp3) is 0.267. The van der Waals surface area contributed by atoms with Gasteiger partial charge in [-0.25, -0.2) is 4.79 Å². The van der Waals surface area contributed by atoms with Crippen molar-refractivity contribution >= 4 is 23.2 Å². The maximum atomic E-state index is 12.1. The Hall–Kier alpha value is -2.74. The van der Waals surface area contributed by atoms with Crippen LogP contribution >= 0.6 is 11.6 Å². The van der Waals surface area contributed by atoms with Gasteiger partial charge in [-0.2, -0.15) is 0 Å². The topological polar surface area (TPSA) is 130 Å². The highest BCUT2D eigenvalue weighted by Gasteiger charge is 2.17. The van der Waals surface area contributed by atoms with E-state index < -0.39 is 23.2 Å². The molecule has 5 N–H and O–H groups in total. The Morgan fingerprint density at radius 1 is 1.38 bits per heavy atom. The molecule has 128 valence electrons. The van der Waals surface area contributed by atoms with Crippen molar-refractivity contribution in [3.8, 4) is 5.75 Å². The van der Waals surface area contributed by atoms with Gasteiger partial charge in [0.2, 0.25) is 0 Å². The first-order chi connectivity index (χ1) is 11.3. The van der Waals surface area contributed by atoms with E-state index >= 15 is 0 Å². The first-order valence-electron chi connectivity index (χ1n) is 7.10. The molecule has 1 heterocycles. The van der Waals surface area contributed by atoms with E-state index in [9.17, 15) is 14.4 Å². The van der Waals surface area contributed by atoms with E-state index in [0.717, 1.165) is 5.56 Å². The molecule has 1 amide bonds. The van der Waals surface area contributed by atoms with Crippen molar-refractivity contribution < 1.29 is 9.53 Å². The van der Waals surface area contributed by atoms with Crippen molar-refractivity contribution in [2.75, 3.05) is 12.3 Å². The molecule has 0 spiro atoms. The normalized spacial score (nSPS) is 11.8. The lowest BCUT2D eigenvalue weighted by Crippen LogP contribution is -2.40. The summed E-state index contributed by atoms with van der Waals surface area (Å²) in [5.74, 6) is -0.146. The lowest BCUT2D eigenvalue weighted by atomic mass is 10.2. The molecule has 24 heavy (non-hydrogen) atoms. The Labute approximate surface area is 142 Å². The summed E-state index contributed by atoms with van der Waals surface area (Å²) in [7, 11) is 0. The number of anilines is 1. The van der Waals surface area contributed by atoms with Crippen molar-refractivity contribution in [1.82, 2.24) is 15.3 Å². The minimum Gasteiger partial charge on any atom is -0.490 e. The summed E-state index contributed by atoms with van der Waals surface area (Å²) >= 11 is 6.06. The summed E-state index contributed by atoms with van der Waals surface area (Å²) in [6.45, 7) is 3.70. The number of carbonyl (C=O) groups is 1. The molecule has 1 aromatic carbocycles. The SMILES string of the molecule is Cc1cccc(Cl)c1OCC(C)NC(=O)c1[nH]c(=O)[nH]c(=O)c1N. The third kappa shape index (κ3) is 3.96. The van der Waals surface area contributed by atoms with Crippen LogP contribution in [-0.4, -0.2) is 28.5 Å². The van der Waals surface area contributed by atoms with Gasteiger partial charge in [0.25, 0.3) is 11.5 Å². The van der Waals surface area contributed by atoms with Gasteiger partial charge in [0.05, 0.1) is 11.1 Å². The van der Waals surface area contributed by atoms with Crippen molar-refractivity contribution in [3.05, 3.63) is 55.3 Å². The predicted molar refractivity (Wildman–Crippen MR) is 90.7 cm³/mol. The van der Waals surface area contributed by atoms with Crippen molar-refractivity contribution in [3.63, 3.8) is 0 Å². The van der Waals surface area contributed by atoms with Gasteiger partial charge < -0.3 is 20.8 Å². The second-order valence-electron chi connectivity index (χ2n) is 5.27. The van der Waals surface area contributed by atoms with Crippen LogP contribution < -0.4 is 27.0 Å².